The van der Waals surface area contributed by atoms with Crippen molar-refractivity contribution in [3.63, 3.8) is 0 Å². The predicted octanol–water partition coefficient (Wildman–Crippen LogP) is 0.898. The molecule has 8 heteroatoms. The number of aryl methyl sites for hydroxylation is 1. The van der Waals surface area contributed by atoms with E-state index in [1.807, 2.05) is 0 Å². The van der Waals surface area contributed by atoms with Crippen molar-refractivity contribution < 1.29 is 12.9 Å². The standard InChI is InChI=1S/C11H14N4O3S/c1-8-5-9(15-18-8)7-14-19(16,17)10-3-4-13-11(6-10)12-2/h3-6,14H,7H2,1-2H3,(H,12,13). The molecule has 0 bridgehead atoms. The third-order valence-electron chi connectivity index (χ3n) is 2.42. The van der Waals surface area contributed by atoms with E-state index in [2.05, 4.69) is 20.2 Å². The molecule has 0 saturated carbocycles. The summed E-state index contributed by atoms with van der Waals surface area (Å²) in [7, 11) is -1.92. The van der Waals surface area contributed by atoms with E-state index in [4.69, 9.17) is 4.52 Å². The van der Waals surface area contributed by atoms with Gasteiger partial charge in [0.05, 0.1) is 17.1 Å². The van der Waals surface area contributed by atoms with E-state index in [1.165, 1.54) is 18.3 Å². The summed E-state index contributed by atoms with van der Waals surface area (Å²) in [6.45, 7) is 1.82. The molecule has 0 aliphatic heterocycles. The lowest BCUT2D eigenvalue weighted by atomic mass is 10.4. The topological polar surface area (TPSA) is 97.1 Å². The first kappa shape index (κ1) is 13.5. The monoisotopic (exact) mass is 282 g/mol. The molecule has 0 amide bonds. The summed E-state index contributed by atoms with van der Waals surface area (Å²) in [4.78, 5) is 4.11. The fourth-order valence-corrected chi connectivity index (χ4v) is 2.48. The molecule has 0 unspecified atom stereocenters. The van der Waals surface area contributed by atoms with Crippen molar-refractivity contribution in [2.24, 2.45) is 0 Å². The second kappa shape index (κ2) is 5.37. The van der Waals surface area contributed by atoms with Crippen molar-refractivity contribution in [3.05, 3.63) is 35.9 Å². The first-order valence-electron chi connectivity index (χ1n) is 5.57. The normalized spacial score (nSPS) is 11.5. The van der Waals surface area contributed by atoms with Crippen LogP contribution in [0.15, 0.2) is 33.8 Å². The Labute approximate surface area is 111 Å². The summed E-state index contributed by atoms with van der Waals surface area (Å²) in [5, 5.41) is 6.51. The Morgan fingerprint density at radius 3 is 2.79 bits per heavy atom. The number of anilines is 1. The van der Waals surface area contributed by atoms with Gasteiger partial charge in [-0.1, -0.05) is 5.16 Å². The summed E-state index contributed by atoms with van der Waals surface area (Å²) < 4.78 is 31.4. The number of hydrogen-bond acceptors (Lipinski definition) is 6. The minimum absolute atomic E-state index is 0.0802. The molecule has 2 rings (SSSR count). The first-order valence-corrected chi connectivity index (χ1v) is 7.05. The number of rotatable bonds is 5. The molecule has 0 saturated heterocycles. The number of sulfonamides is 1. The van der Waals surface area contributed by atoms with Crippen LogP contribution in [0.1, 0.15) is 11.5 Å². The van der Waals surface area contributed by atoms with E-state index in [9.17, 15) is 8.42 Å². The Morgan fingerprint density at radius 2 is 2.16 bits per heavy atom. The number of pyridine rings is 1. The van der Waals surface area contributed by atoms with Gasteiger partial charge >= 0.3 is 0 Å². The van der Waals surface area contributed by atoms with Crippen LogP contribution in [-0.4, -0.2) is 25.6 Å². The number of hydrogen-bond donors (Lipinski definition) is 2. The zero-order valence-corrected chi connectivity index (χ0v) is 11.4. The highest BCUT2D eigenvalue weighted by molar-refractivity contribution is 7.89. The molecule has 0 spiro atoms. The highest BCUT2D eigenvalue weighted by atomic mass is 32.2. The van der Waals surface area contributed by atoms with Crippen molar-refractivity contribution in [3.8, 4) is 0 Å². The van der Waals surface area contributed by atoms with Crippen LogP contribution in [0.4, 0.5) is 5.82 Å². The van der Waals surface area contributed by atoms with Crippen molar-refractivity contribution in [2.45, 2.75) is 18.4 Å². The van der Waals surface area contributed by atoms with Gasteiger partial charge in [-0.3, -0.25) is 0 Å². The minimum atomic E-state index is -3.59. The molecule has 2 heterocycles. The van der Waals surface area contributed by atoms with Gasteiger partial charge in [0.2, 0.25) is 10.0 Å². The van der Waals surface area contributed by atoms with E-state index < -0.39 is 10.0 Å². The van der Waals surface area contributed by atoms with Crippen LogP contribution < -0.4 is 10.0 Å². The molecule has 0 fully saturated rings. The minimum Gasteiger partial charge on any atom is -0.373 e. The maximum absolute atomic E-state index is 12.1. The Morgan fingerprint density at radius 1 is 1.37 bits per heavy atom. The molecule has 0 atom stereocenters. The molecule has 0 aliphatic rings. The van der Waals surface area contributed by atoms with Gasteiger partial charge in [-0.05, 0) is 13.0 Å². The van der Waals surface area contributed by atoms with Gasteiger partial charge in [-0.25, -0.2) is 18.1 Å². The number of aromatic nitrogens is 2. The van der Waals surface area contributed by atoms with Crippen molar-refractivity contribution >= 4 is 15.8 Å². The Kier molecular flexibility index (Phi) is 3.82. The average Bonchev–Trinajstić information content (AvgIpc) is 2.82. The summed E-state index contributed by atoms with van der Waals surface area (Å²) in [5.74, 6) is 1.12. The molecular weight excluding hydrogens is 268 g/mol. The van der Waals surface area contributed by atoms with E-state index in [-0.39, 0.29) is 11.4 Å². The Balaban J connectivity index is 2.13. The molecule has 2 aromatic rings. The average molecular weight is 282 g/mol. The third kappa shape index (κ3) is 3.30. The second-order valence-corrected chi connectivity index (χ2v) is 5.65. The lowest BCUT2D eigenvalue weighted by Gasteiger charge is -2.06. The van der Waals surface area contributed by atoms with Crippen LogP contribution >= 0.6 is 0 Å². The quantitative estimate of drug-likeness (QED) is 0.845. The van der Waals surface area contributed by atoms with Gasteiger partial charge in [0.25, 0.3) is 0 Å². The van der Waals surface area contributed by atoms with Crippen LogP contribution in [-0.2, 0) is 16.6 Å². The molecule has 7 nitrogen and oxygen atoms in total. The largest absolute Gasteiger partial charge is 0.373 e. The van der Waals surface area contributed by atoms with Gasteiger partial charge in [0, 0.05) is 25.4 Å². The maximum atomic E-state index is 12.1. The molecule has 2 N–H and O–H groups in total. The highest BCUT2D eigenvalue weighted by Crippen LogP contribution is 2.12. The number of nitrogens with one attached hydrogen (secondary N) is 2. The van der Waals surface area contributed by atoms with E-state index in [0.717, 1.165) is 0 Å². The molecular formula is C11H14N4O3S. The predicted molar refractivity (Wildman–Crippen MR) is 69.0 cm³/mol. The molecule has 102 valence electrons. The highest BCUT2D eigenvalue weighted by Gasteiger charge is 2.15. The van der Waals surface area contributed by atoms with E-state index >= 15 is 0 Å². The number of nitrogens with zero attached hydrogens (tertiary/aromatic N) is 2. The second-order valence-electron chi connectivity index (χ2n) is 3.88. The smallest absolute Gasteiger partial charge is 0.241 e. The van der Waals surface area contributed by atoms with E-state index in [1.54, 1.807) is 20.0 Å². The maximum Gasteiger partial charge on any atom is 0.241 e. The third-order valence-corrected chi connectivity index (χ3v) is 3.82. The lowest BCUT2D eigenvalue weighted by Crippen LogP contribution is -2.23. The summed E-state index contributed by atoms with van der Waals surface area (Å²) >= 11 is 0. The van der Waals surface area contributed by atoms with Crippen molar-refractivity contribution in [1.29, 1.82) is 0 Å². The summed E-state index contributed by atoms with van der Waals surface area (Å²) in [6, 6.07) is 4.56. The fourth-order valence-electron chi connectivity index (χ4n) is 1.47. The molecule has 0 aromatic carbocycles. The summed E-state index contributed by atoms with van der Waals surface area (Å²) in [5.41, 5.74) is 0.531. The fraction of sp³-hybridized carbons (Fsp3) is 0.273. The van der Waals surface area contributed by atoms with Crippen LogP contribution in [0.3, 0.4) is 0 Å². The van der Waals surface area contributed by atoms with Gasteiger partial charge in [0.15, 0.2) is 0 Å². The zero-order chi connectivity index (χ0) is 13.9. The van der Waals surface area contributed by atoms with Crippen LogP contribution in [0.25, 0.3) is 0 Å². The molecule has 19 heavy (non-hydrogen) atoms. The van der Waals surface area contributed by atoms with Gasteiger partial charge in [-0.15, -0.1) is 0 Å². The summed E-state index contributed by atoms with van der Waals surface area (Å²) in [6.07, 6.45) is 1.43. The SMILES string of the molecule is CNc1cc(S(=O)(=O)NCc2cc(C)on2)ccn1. The van der Waals surface area contributed by atoms with Crippen molar-refractivity contribution in [2.75, 3.05) is 12.4 Å². The van der Waals surface area contributed by atoms with Crippen molar-refractivity contribution in [1.82, 2.24) is 14.9 Å². The van der Waals surface area contributed by atoms with Crippen LogP contribution in [0, 0.1) is 6.92 Å². The lowest BCUT2D eigenvalue weighted by molar-refractivity contribution is 0.390. The van der Waals surface area contributed by atoms with E-state index in [0.29, 0.717) is 17.3 Å². The Bertz CT molecular complexity index is 666. The Hall–Kier alpha value is -1.93. The zero-order valence-electron chi connectivity index (χ0n) is 10.5. The van der Waals surface area contributed by atoms with Gasteiger partial charge < -0.3 is 9.84 Å². The molecule has 2 aromatic heterocycles. The first-order chi connectivity index (χ1) is 9.01. The van der Waals surface area contributed by atoms with Crippen LogP contribution in [0.2, 0.25) is 0 Å². The van der Waals surface area contributed by atoms with Gasteiger partial charge in [-0.2, -0.15) is 0 Å². The van der Waals surface area contributed by atoms with Gasteiger partial charge in [0.1, 0.15) is 11.6 Å². The van der Waals surface area contributed by atoms with Crippen LogP contribution in [0.5, 0.6) is 0 Å². The molecule has 0 radical (unpaired) electrons. The molecule has 0 aliphatic carbocycles.